The first kappa shape index (κ1) is 25.1. The molecule has 0 unspecified atom stereocenters. The van der Waals surface area contributed by atoms with Gasteiger partial charge in [0.05, 0.1) is 34.0 Å². The summed E-state index contributed by atoms with van der Waals surface area (Å²) >= 11 is 6.09. The first-order valence-electron chi connectivity index (χ1n) is 10.5. The molecule has 182 valence electrons. The first-order valence-corrected chi connectivity index (χ1v) is 13.0. The van der Waals surface area contributed by atoms with E-state index in [0.29, 0.717) is 36.4 Å². The van der Waals surface area contributed by atoms with Crippen molar-refractivity contribution < 1.29 is 23.8 Å². The van der Waals surface area contributed by atoms with E-state index >= 15 is 0 Å². The molecular formula is C24H21BrN2O6S2. The zero-order valence-corrected chi connectivity index (χ0v) is 22.5. The zero-order valence-electron chi connectivity index (χ0n) is 19.3. The number of aromatic nitrogens is 1. The van der Waals surface area contributed by atoms with Gasteiger partial charge in [-0.05, 0) is 65.0 Å². The van der Waals surface area contributed by atoms with Crippen LogP contribution < -0.4 is 24.4 Å². The van der Waals surface area contributed by atoms with Crippen LogP contribution in [-0.4, -0.2) is 30.2 Å². The van der Waals surface area contributed by atoms with Gasteiger partial charge in [0.25, 0.3) is 5.56 Å². The van der Waals surface area contributed by atoms with Crippen LogP contribution in [0.25, 0.3) is 6.08 Å². The summed E-state index contributed by atoms with van der Waals surface area (Å²) in [6, 6.07) is 6.54. The van der Waals surface area contributed by atoms with Crippen molar-refractivity contribution in [2.45, 2.75) is 26.8 Å². The summed E-state index contributed by atoms with van der Waals surface area (Å²) in [5.74, 6) is -0.376. The average Bonchev–Trinajstić information content (AvgIpc) is 3.43. The SMILES string of the molecule is CCOC(=O)C1=C(C)N=c2s/c(=C\c3cc(Br)c(OC(C)=O)c(OC)c3)c(=O)n2[C@H]1c1cccs1. The first-order chi connectivity index (χ1) is 16.7. The third-order valence-corrected chi connectivity index (χ3v) is 7.62. The highest BCUT2D eigenvalue weighted by Gasteiger charge is 2.33. The molecule has 1 aliphatic rings. The Hall–Kier alpha value is -3.02. The second-order valence-electron chi connectivity index (χ2n) is 7.45. The smallest absolute Gasteiger partial charge is 0.338 e. The topological polar surface area (TPSA) is 96.2 Å². The van der Waals surface area contributed by atoms with Gasteiger partial charge in [-0.2, -0.15) is 0 Å². The molecule has 8 nitrogen and oxygen atoms in total. The van der Waals surface area contributed by atoms with Gasteiger partial charge in [0.15, 0.2) is 16.3 Å². The lowest BCUT2D eigenvalue weighted by molar-refractivity contribution is -0.139. The summed E-state index contributed by atoms with van der Waals surface area (Å²) in [6.07, 6.45) is 1.71. The molecule has 4 rings (SSSR count). The second-order valence-corrected chi connectivity index (χ2v) is 10.3. The number of ether oxygens (including phenoxy) is 3. The Morgan fingerprint density at radius 3 is 2.71 bits per heavy atom. The Morgan fingerprint density at radius 1 is 1.31 bits per heavy atom. The molecular weight excluding hydrogens is 556 g/mol. The van der Waals surface area contributed by atoms with Crippen molar-refractivity contribution in [1.29, 1.82) is 0 Å². The summed E-state index contributed by atoms with van der Waals surface area (Å²) in [7, 11) is 1.47. The number of carbonyl (C=O) groups excluding carboxylic acids is 2. The molecule has 0 N–H and O–H groups in total. The maximum Gasteiger partial charge on any atom is 0.338 e. The predicted octanol–water partition coefficient (Wildman–Crippen LogP) is 3.56. The minimum atomic E-state index is -0.625. The van der Waals surface area contributed by atoms with Gasteiger partial charge in [-0.15, -0.1) is 11.3 Å². The fraction of sp³-hybridized carbons (Fsp3) is 0.250. The van der Waals surface area contributed by atoms with Crippen molar-refractivity contribution in [2.24, 2.45) is 4.99 Å². The number of fused-ring (bicyclic) bond motifs is 1. The summed E-state index contributed by atoms with van der Waals surface area (Å²) in [5, 5.41) is 1.90. The molecule has 0 aliphatic carbocycles. The molecule has 11 heteroatoms. The molecule has 0 bridgehead atoms. The fourth-order valence-corrected chi connectivity index (χ4v) is 6.14. The molecule has 0 spiro atoms. The maximum absolute atomic E-state index is 13.6. The van der Waals surface area contributed by atoms with Crippen LogP contribution in [0, 0.1) is 0 Å². The molecule has 1 aromatic carbocycles. The number of benzene rings is 1. The number of thiophene rings is 1. The lowest BCUT2D eigenvalue weighted by Gasteiger charge is -2.23. The Bertz CT molecular complexity index is 1520. The van der Waals surface area contributed by atoms with Crippen LogP contribution in [0.15, 0.2) is 55.2 Å². The van der Waals surface area contributed by atoms with E-state index in [0.717, 1.165) is 4.88 Å². The van der Waals surface area contributed by atoms with Crippen LogP contribution in [0.1, 0.15) is 37.3 Å². The fourth-order valence-electron chi connectivity index (χ4n) is 3.72. The van der Waals surface area contributed by atoms with Gasteiger partial charge >= 0.3 is 11.9 Å². The quantitative estimate of drug-likeness (QED) is 0.329. The van der Waals surface area contributed by atoms with Crippen molar-refractivity contribution in [1.82, 2.24) is 4.57 Å². The normalized spacial score (nSPS) is 15.5. The van der Waals surface area contributed by atoms with E-state index in [4.69, 9.17) is 14.2 Å². The number of hydrogen-bond acceptors (Lipinski definition) is 9. The predicted molar refractivity (Wildman–Crippen MR) is 137 cm³/mol. The number of rotatable bonds is 6. The molecule has 1 atom stereocenters. The third-order valence-electron chi connectivity index (χ3n) is 5.13. The molecule has 3 heterocycles. The Labute approximate surface area is 216 Å². The number of halogens is 1. The van der Waals surface area contributed by atoms with Gasteiger partial charge in [0, 0.05) is 11.8 Å². The van der Waals surface area contributed by atoms with Crippen LogP contribution in [-0.2, 0) is 14.3 Å². The number of nitrogens with zero attached hydrogens (tertiary/aromatic N) is 2. The van der Waals surface area contributed by atoms with Crippen LogP contribution in [0.5, 0.6) is 11.5 Å². The number of methoxy groups -OCH3 is 1. The highest BCUT2D eigenvalue weighted by molar-refractivity contribution is 9.10. The van der Waals surface area contributed by atoms with E-state index in [1.807, 2.05) is 17.5 Å². The zero-order chi connectivity index (χ0) is 25.3. The standard InChI is InChI=1S/C24H21BrN2O6S2/c1-5-32-23(30)19-12(2)26-24-27(20(19)17-7-6-8-34-17)22(29)18(35-24)11-14-9-15(25)21(33-13(3)28)16(10-14)31-4/h6-11,20H,5H2,1-4H3/b18-11-/t20-/m0/s1. The molecule has 0 saturated carbocycles. The van der Waals surface area contributed by atoms with E-state index in [1.165, 1.54) is 36.7 Å². The van der Waals surface area contributed by atoms with Crippen LogP contribution >= 0.6 is 38.6 Å². The van der Waals surface area contributed by atoms with Crippen LogP contribution in [0.2, 0.25) is 0 Å². The van der Waals surface area contributed by atoms with Gasteiger partial charge in [0.1, 0.15) is 6.04 Å². The lowest BCUT2D eigenvalue weighted by Crippen LogP contribution is -2.39. The van der Waals surface area contributed by atoms with Crippen molar-refractivity contribution in [3.63, 3.8) is 0 Å². The van der Waals surface area contributed by atoms with E-state index in [-0.39, 0.29) is 17.9 Å². The summed E-state index contributed by atoms with van der Waals surface area (Å²) < 4.78 is 18.4. The lowest BCUT2D eigenvalue weighted by atomic mass is 10.0. The summed E-state index contributed by atoms with van der Waals surface area (Å²) in [6.45, 7) is 5.01. The molecule has 0 radical (unpaired) electrons. The van der Waals surface area contributed by atoms with Gasteiger partial charge in [-0.3, -0.25) is 14.2 Å². The Balaban J connectivity index is 1.89. The van der Waals surface area contributed by atoms with Crippen molar-refractivity contribution >= 4 is 56.6 Å². The highest BCUT2D eigenvalue weighted by atomic mass is 79.9. The Morgan fingerprint density at radius 2 is 2.09 bits per heavy atom. The average molecular weight is 577 g/mol. The monoisotopic (exact) mass is 576 g/mol. The number of hydrogen-bond donors (Lipinski definition) is 0. The van der Waals surface area contributed by atoms with E-state index in [2.05, 4.69) is 20.9 Å². The molecule has 0 fully saturated rings. The number of thiazole rings is 1. The van der Waals surface area contributed by atoms with Gasteiger partial charge in [-0.25, -0.2) is 9.79 Å². The number of carbonyl (C=O) groups is 2. The van der Waals surface area contributed by atoms with Gasteiger partial charge in [-0.1, -0.05) is 17.4 Å². The van der Waals surface area contributed by atoms with Crippen LogP contribution in [0.3, 0.4) is 0 Å². The maximum atomic E-state index is 13.6. The third kappa shape index (κ3) is 4.89. The molecule has 0 saturated heterocycles. The number of esters is 2. The van der Waals surface area contributed by atoms with E-state index in [9.17, 15) is 14.4 Å². The Kier molecular flexibility index (Phi) is 7.39. The van der Waals surface area contributed by atoms with E-state index < -0.39 is 18.0 Å². The largest absolute Gasteiger partial charge is 0.493 e. The molecule has 1 aliphatic heterocycles. The van der Waals surface area contributed by atoms with Crippen molar-refractivity contribution in [3.05, 3.63) is 75.5 Å². The van der Waals surface area contributed by atoms with Crippen molar-refractivity contribution in [2.75, 3.05) is 13.7 Å². The summed E-state index contributed by atoms with van der Waals surface area (Å²) in [4.78, 5) is 43.8. The van der Waals surface area contributed by atoms with Crippen LogP contribution in [0.4, 0.5) is 0 Å². The van der Waals surface area contributed by atoms with Gasteiger partial charge < -0.3 is 14.2 Å². The second kappa shape index (κ2) is 10.3. The van der Waals surface area contributed by atoms with Gasteiger partial charge in [0.2, 0.25) is 0 Å². The number of allylic oxidation sites excluding steroid dienone is 1. The molecule has 2 aromatic heterocycles. The van der Waals surface area contributed by atoms with E-state index in [1.54, 1.807) is 36.6 Å². The summed E-state index contributed by atoms with van der Waals surface area (Å²) in [5.41, 5.74) is 1.25. The van der Waals surface area contributed by atoms with Crippen molar-refractivity contribution in [3.8, 4) is 11.5 Å². The minimum Gasteiger partial charge on any atom is -0.493 e. The minimum absolute atomic E-state index is 0.219. The molecule has 3 aromatic rings. The molecule has 35 heavy (non-hydrogen) atoms. The highest BCUT2D eigenvalue weighted by Crippen LogP contribution is 2.37. The molecule has 0 amide bonds.